The van der Waals surface area contributed by atoms with Gasteiger partial charge in [0.25, 0.3) is 0 Å². The number of likely N-dealkylation sites (N-methyl/N-ethyl adjacent to an activating group) is 1. The smallest absolute Gasteiger partial charge is 0.179 e. The fourth-order valence-corrected chi connectivity index (χ4v) is 3.23. The fraction of sp³-hybridized carbons (Fsp3) is 0.211. The first-order valence-corrected chi connectivity index (χ1v) is 9.38. The van der Waals surface area contributed by atoms with E-state index >= 15 is 0 Å². The van der Waals surface area contributed by atoms with Gasteiger partial charge < -0.3 is 9.45 Å². The second kappa shape index (κ2) is 9.15. The Morgan fingerprint density at radius 3 is 2.56 bits per heavy atom. The summed E-state index contributed by atoms with van der Waals surface area (Å²) < 4.78 is 26.0. The summed E-state index contributed by atoms with van der Waals surface area (Å²) in [7, 11) is 3.50. The Balaban J connectivity index is 2.07. The molecule has 3 nitrogen and oxygen atoms in total. The lowest BCUT2D eigenvalue weighted by atomic mass is 10.1. The fourth-order valence-electron chi connectivity index (χ4n) is 2.18. The molecule has 0 aliphatic heterocycles. The minimum absolute atomic E-state index is 0.0410. The first kappa shape index (κ1) is 19.7. The number of hydrogen-bond donors (Lipinski definition) is 0. The summed E-state index contributed by atoms with van der Waals surface area (Å²) in [5.41, 5.74) is 1.58. The molecule has 1 atom stereocenters. The Bertz CT molecular complexity index is 763. The number of ketones is 1. The van der Waals surface area contributed by atoms with Crippen LogP contribution in [0.3, 0.4) is 0 Å². The van der Waals surface area contributed by atoms with E-state index in [2.05, 4.69) is 0 Å². The lowest BCUT2D eigenvalue weighted by Gasteiger charge is -2.09. The van der Waals surface area contributed by atoms with Crippen molar-refractivity contribution in [1.29, 1.82) is 0 Å². The third kappa shape index (κ3) is 6.29. The van der Waals surface area contributed by atoms with Crippen molar-refractivity contribution in [3.8, 4) is 0 Å². The highest BCUT2D eigenvalue weighted by atomic mass is 35.5. The molecule has 2 aromatic rings. The van der Waals surface area contributed by atoms with Gasteiger partial charge in [-0.05, 0) is 61.2 Å². The Labute approximate surface area is 155 Å². The van der Waals surface area contributed by atoms with Crippen molar-refractivity contribution >= 4 is 34.6 Å². The third-order valence-electron chi connectivity index (χ3n) is 3.39. The van der Waals surface area contributed by atoms with Gasteiger partial charge in [-0.15, -0.1) is 0 Å². The highest BCUT2D eigenvalue weighted by Gasteiger charge is 2.13. The maximum atomic E-state index is 13.9. The highest BCUT2D eigenvalue weighted by Crippen LogP contribution is 2.16. The van der Waals surface area contributed by atoms with Crippen molar-refractivity contribution in [2.24, 2.45) is 0 Å². The maximum absolute atomic E-state index is 13.9. The SMILES string of the molecule is CN(C)CC(=O)c1cc(C=C[S+]([O-])Cc2ccc(Cl)cc2)ccc1F. The Morgan fingerprint density at radius 1 is 1.24 bits per heavy atom. The van der Waals surface area contributed by atoms with E-state index in [0.29, 0.717) is 16.3 Å². The van der Waals surface area contributed by atoms with Crippen molar-refractivity contribution in [1.82, 2.24) is 4.90 Å². The average Bonchev–Trinajstić information content (AvgIpc) is 2.55. The van der Waals surface area contributed by atoms with E-state index in [9.17, 15) is 13.7 Å². The predicted molar refractivity (Wildman–Crippen MR) is 102 cm³/mol. The van der Waals surface area contributed by atoms with Gasteiger partial charge in [0.05, 0.1) is 12.1 Å². The number of rotatable bonds is 7. The van der Waals surface area contributed by atoms with E-state index < -0.39 is 17.0 Å². The van der Waals surface area contributed by atoms with Crippen molar-refractivity contribution in [3.05, 3.63) is 75.4 Å². The van der Waals surface area contributed by atoms with Gasteiger partial charge in [0.1, 0.15) is 17.0 Å². The van der Waals surface area contributed by atoms with Gasteiger partial charge in [-0.1, -0.05) is 29.8 Å². The largest absolute Gasteiger partial charge is 0.612 e. The molecular weight excluding hydrogens is 361 g/mol. The zero-order chi connectivity index (χ0) is 18.4. The van der Waals surface area contributed by atoms with E-state index in [1.807, 2.05) is 12.1 Å². The summed E-state index contributed by atoms with van der Waals surface area (Å²) >= 11 is 4.60. The monoisotopic (exact) mass is 379 g/mol. The Kier molecular flexibility index (Phi) is 7.20. The van der Waals surface area contributed by atoms with Crippen molar-refractivity contribution in [2.45, 2.75) is 5.75 Å². The molecule has 0 saturated carbocycles. The summed E-state index contributed by atoms with van der Waals surface area (Å²) in [5, 5.41) is 2.17. The Morgan fingerprint density at radius 2 is 1.92 bits per heavy atom. The van der Waals surface area contributed by atoms with E-state index in [-0.39, 0.29) is 17.9 Å². The maximum Gasteiger partial charge on any atom is 0.179 e. The van der Waals surface area contributed by atoms with Crippen LogP contribution in [0.5, 0.6) is 0 Å². The lowest BCUT2D eigenvalue weighted by Crippen LogP contribution is -2.22. The average molecular weight is 380 g/mol. The highest BCUT2D eigenvalue weighted by molar-refractivity contribution is 7.93. The zero-order valence-electron chi connectivity index (χ0n) is 14.0. The molecule has 0 N–H and O–H groups in total. The molecule has 0 aliphatic rings. The van der Waals surface area contributed by atoms with Crippen LogP contribution in [0.15, 0.2) is 47.9 Å². The molecule has 2 aromatic carbocycles. The molecule has 0 radical (unpaired) electrons. The number of halogens is 2. The van der Waals surface area contributed by atoms with Crippen LogP contribution < -0.4 is 0 Å². The van der Waals surface area contributed by atoms with Crippen molar-refractivity contribution < 1.29 is 13.7 Å². The number of benzene rings is 2. The number of carbonyl (C=O) groups excluding carboxylic acids is 1. The summed E-state index contributed by atoms with van der Waals surface area (Å²) in [6.07, 6.45) is 1.64. The van der Waals surface area contributed by atoms with Crippen LogP contribution in [0.1, 0.15) is 21.5 Å². The molecule has 132 valence electrons. The second-order valence-electron chi connectivity index (χ2n) is 5.85. The van der Waals surface area contributed by atoms with Gasteiger partial charge in [-0.25, -0.2) is 4.39 Å². The molecule has 0 spiro atoms. The van der Waals surface area contributed by atoms with Gasteiger partial charge in [0.2, 0.25) is 0 Å². The van der Waals surface area contributed by atoms with Crippen LogP contribution in [0, 0.1) is 5.82 Å². The van der Waals surface area contributed by atoms with Gasteiger partial charge in [0, 0.05) is 10.6 Å². The number of Topliss-reactive ketones (excluding diaryl/α,β-unsaturated/α-hetero) is 1. The van der Waals surface area contributed by atoms with Gasteiger partial charge in [-0.2, -0.15) is 0 Å². The summed E-state index contributed by atoms with van der Waals surface area (Å²) in [6.45, 7) is 0.132. The van der Waals surface area contributed by atoms with Crippen LogP contribution >= 0.6 is 11.6 Å². The molecule has 0 bridgehead atoms. The summed E-state index contributed by atoms with van der Waals surface area (Å²) in [5.74, 6) is -0.479. The molecule has 25 heavy (non-hydrogen) atoms. The predicted octanol–water partition coefficient (Wildman–Crippen LogP) is 4.14. The molecule has 0 saturated heterocycles. The van der Waals surface area contributed by atoms with Gasteiger partial charge in [-0.3, -0.25) is 4.79 Å². The van der Waals surface area contributed by atoms with E-state index in [1.165, 1.54) is 12.1 Å². The minimum Gasteiger partial charge on any atom is -0.612 e. The lowest BCUT2D eigenvalue weighted by molar-refractivity contribution is 0.0954. The van der Waals surface area contributed by atoms with E-state index in [4.69, 9.17) is 11.6 Å². The minimum atomic E-state index is -1.22. The molecule has 2 rings (SSSR count). The van der Waals surface area contributed by atoms with Crippen molar-refractivity contribution in [2.75, 3.05) is 20.6 Å². The van der Waals surface area contributed by atoms with Crippen molar-refractivity contribution in [3.63, 3.8) is 0 Å². The van der Waals surface area contributed by atoms with Gasteiger partial charge >= 0.3 is 0 Å². The molecule has 6 heteroatoms. The molecule has 0 aliphatic carbocycles. The molecular formula is C19H19ClFNO2S. The molecule has 0 aromatic heterocycles. The van der Waals surface area contributed by atoms with E-state index in [0.717, 1.165) is 5.56 Å². The van der Waals surface area contributed by atoms with Crippen LogP contribution in [-0.2, 0) is 16.9 Å². The summed E-state index contributed by atoms with van der Waals surface area (Å²) in [6, 6.07) is 11.4. The van der Waals surface area contributed by atoms with Crippen LogP contribution in [-0.4, -0.2) is 35.9 Å². The molecule has 0 fully saturated rings. The van der Waals surface area contributed by atoms with Gasteiger partial charge in [0.15, 0.2) is 5.78 Å². The number of carbonyl (C=O) groups is 1. The quantitative estimate of drug-likeness (QED) is 0.536. The molecule has 0 heterocycles. The summed E-state index contributed by atoms with van der Waals surface area (Å²) in [4.78, 5) is 13.7. The number of hydrogen-bond acceptors (Lipinski definition) is 3. The third-order valence-corrected chi connectivity index (χ3v) is 4.69. The first-order valence-electron chi connectivity index (χ1n) is 7.62. The number of nitrogens with zero attached hydrogens (tertiary/aromatic N) is 1. The Hall–Kier alpha value is -1.66. The first-order chi connectivity index (χ1) is 11.8. The standard InChI is InChI=1S/C19H19ClFNO2S/c1-22(2)12-19(23)17-11-14(5-8-18(17)21)9-10-25(24)13-15-3-6-16(20)7-4-15/h3-11H,12-13H2,1-2H3. The zero-order valence-corrected chi connectivity index (χ0v) is 15.6. The molecule has 0 amide bonds. The van der Waals surface area contributed by atoms with Crippen LogP contribution in [0.4, 0.5) is 4.39 Å². The molecule has 1 unspecified atom stereocenters. The van der Waals surface area contributed by atoms with Crippen LogP contribution in [0.2, 0.25) is 5.02 Å². The normalized spacial score (nSPS) is 12.7. The second-order valence-corrected chi connectivity index (χ2v) is 7.61. The van der Waals surface area contributed by atoms with E-state index in [1.54, 1.807) is 48.7 Å². The topological polar surface area (TPSA) is 43.4 Å². The van der Waals surface area contributed by atoms with Crippen LogP contribution in [0.25, 0.3) is 6.08 Å².